The van der Waals surface area contributed by atoms with Crippen LogP contribution in [0, 0.1) is 0 Å². The minimum Gasteiger partial charge on any atom is -0.446 e. The van der Waals surface area contributed by atoms with E-state index in [0.29, 0.717) is 6.54 Å². The second kappa shape index (κ2) is 36.6. The van der Waals surface area contributed by atoms with E-state index in [-0.39, 0.29) is 25.4 Å². The molecule has 0 aromatic carbocycles. The summed E-state index contributed by atoms with van der Waals surface area (Å²) < 4.78 is 5.89. The van der Waals surface area contributed by atoms with Crippen LogP contribution < -0.4 is 5.32 Å². The van der Waals surface area contributed by atoms with Gasteiger partial charge in [-0.2, -0.15) is 0 Å². The molecule has 0 aliphatic carbocycles. The second-order valence-electron chi connectivity index (χ2n) is 12.6. The third-order valence-electron chi connectivity index (χ3n) is 7.89. The van der Waals surface area contributed by atoms with Crippen LogP contribution in [0.5, 0.6) is 0 Å². The van der Waals surface area contributed by atoms with Gasteiger partial charge in [0.05, 0.1) is 0 Å². The zero-order valence-corrected chi connectivity index (χ0v) is 29.4. The maximum atomic E-state index is 12.4. The standard InChI is InChI=1S/C39H72N2O4/c1-41(2)35-31-34-40-39(44)45-38(32-27-23-19-15-11-7-3-5-9-13-17-21-25-29-36-42)33-28-24-20-16-12-8-4-6-10-14-18-22-26-30-37-43/h5-6,9-10,17-18,21-22,38,42-43H,3-4,7-8,11-16,19-20,23-37H2,1-2H3,(H,40,44)/b9-5-,10-6-,21-17-,22-18-. The van der Waals surface area contributed by atoms with E-state index in [9.17, 15) is 4.79 Å². The number of aliphatic hydroxyl groups excluding tert-OH is 2. The highest BCUT2D eigenvalue weighted by Crippen LogP contribution is 2.17. The van der Waals surface area contributed by atoms with Crippen LogP contribution in [0.25, 0.3) is 0 Å². The number of alkyl carbamates (subject to hydrolysis) is 1. The molecule has 0 fully saturated rings. The van der Waals surface area contributed by atoms with Crippen LogP contribution in [-0.4, -0.2) is 67.7 Å². The second-order valence-corrected chi connectivity index (χ2v) is 12.6. The highest BCUT2D eigenvalue weighted by Gasteiger charge is 2.14. The van der Waals surface area contributed by atoms with Crippen LogP contribution in [0.1, 0.15) is 148 Å². The molecule has 0 rings (SSSR count). The first kappa shape index (κ1) is 43.1. The van der Waals surface area contributed by atoms with Crippen molar-refractivity contribution in [3.63, 3.8) is 0 Å². The summed E-state index contributed by atoms with van der Waals surface area (Å²) in [5.41, 5.74) is 0. The Balaban J connectivity index is 4.07. The van der Waals surface area contributed by atoms with E-state index in [1.807, 2.05) is 0 Å². The Kier molecular flexibility index (Phi) is 35.0. The van der Waals surface area contributed by atoms with Crippen LogP contribution in [0.15, 0.2) is 48.6 Å². The van der Waals surface area contributed by atoms with E-state index >= 15 is 0 Å². The average Bonchev–Trinajstić information content (AvgIpc) is 3.02. The quantitative estimate of drug-likeness (QED) is 0.0496. The highest BCUT2D eigenvalue weighted by molar-refractivity contribution is 5.67. The molecule has 0 aliphatic rings. The molecule has 45 heavy (non-hydrogen) atoms. The molecule has 0 aromatic heterocycles. The predicted molar refractivity (Wildman–Crippen MR) is 194 cm³/mol. The first-order valence-electron chi connectivity index (χ1n) is 18.5. The number of hydrogen-bond acceptors (Lipinski definition) is 5. The molecule has 0 bridgehead atoms. The van der Waals surface area contributed by atoms with Crippen molar-refractivity contribution in [3.05, 3.63) is 48.6 Å². The molecule has 3 N–H and O–H groups in total. The van der Waals surface area contributed by atoms with Gasteiger partial charge in [-0.05, 0) is 117 Å². The van der Waals surface area contributed by atoms with E-state index in [2.05, 4.69) is 72.9 Å². The largest absolute Gasteiger partial charge is 0.446 e. The van der Waals surface area contributed by atoms with Gasteiger partial charge in [-0.15, -0.1) is 0 Å². The molecule has 0 aromatic rings. The first-order valence-corrected chi connectivity index (χ1v) is 18.5. The fourth-order valence-corrected chi connectivity index (χ4v) is 5.16. The lowest BCUT2D eigenvalue weighted by molar-refractivity contribution is 0.0840. The van der Waals surface area contributed by atoms with Gasteiger partial charge in [-0.3, -0.25) is 0 Å². The molecule has 0 saturated heterocycles. The van der Waals surface area contributed by atoms with Crippen LogP contribution in [0.2, 0.25) is 0 Å². The van der Waals surface area contributed by atoms with Crippen LogP contribution in [-0.2, 0) is 4.74 Å². The molecule has 1 amide bonds. The molecule has 6 heteroatoms. The lowest BCUT2D eigenvalue weighted by Gasteiger charge is -2.19. The lowest BCUT2D eigenvalue weighted by Crippen LogP contribution is -2.31. The third-order valence-corrected chi connectivity index (χ3v) is 7.89. The van der Waals surface area contributed by atoms with E-state index in [1.54, 1.807) is 0 Å². The molecule has 0 atom stereocenters. The summed E-state index contributed by atoms with van der Waals surface area (Å²) in [6.07, 6.45) is 43.2. The fourth-order valence-electron chi connectivity index (χ4n) is 5.16. The third kappa shape index (κ3) is 36.5. The summed E-state index contributed by atoms with van der Waals surface area (Å²) in [5.74, 6) is 0. The maximum Gasteiger partial charge on any atom is 0.407 e. The minimum absolute atomic E-state index is 0.0319. The number of amides is 1. The zero-order chi connectivity index (χ0) is 32.9. The van der Waals surface area contributed by atoms with E-state index in [4.69, 9.17) is 14.9 Å². The Morgan fingerprint density at radius 2 is 0.978 bits per heavy atom. The summed E-state index contributed by atoms with van der Waals surface area (Å²) in [7, 11) is 4.10. The summed E-state index contributed by atoms with van der Waals surface area (Å²) >= 11 is 0. The lowest BCUT2D eigenvalue weighted by atomic mass is 10.0. The Hall–Kier alpha value is -1.89. The zero-order valence-electron chi connectivity index (χ0n) is 29.4. The van der Waals surface area contributed by atoms with Crippen LogP contribution in [0.4, 0.5) is 4.79 Å². The number of unbranched alkanes of at least 4 members (excludes halogenated alkanes) is 14. The maximum absolute atomic E-state index is 12.4. The number of nitrogens with one attached hydrogen (secondary N) is 1. The first-order chi connectivity index (χ1) is 22.1. The molecular formula is C39H72N2O4. The number of nitrogens with zero attached hydrogens (tertiary/aromatic N) is 1. The van der Waals surface area contributed by atoms with Gasteiger partial charge in [0.25, 0.3) is 0 Å². The molecule has 0 spiro atoms. The molecule has 0 aliphatic heterocycles. The molecule has 6 nitrogen and oxygen atoms in total. The van der Waals surface area contributed by atoms with E-state index < -0.39 is 0 Å². The number of carbonyl (C=O) groups is 1. The Bertz CT molecular complexity index is 687. The normalized spacial score (nSPS) is 12.3. The Labute approximate surface area is 278 Å². The summed E-state index contributed by atoms with van der Waals surface area (Å²) in [5, 5.41) is 20.5. The van der Waals surface area contributed by atoms with Crippen LogP contribution in [0.3, 0.4) is 0 Å². The molecular weight excluding hydrogens is 560 g/mol. The topological polar surface area (TPSA) is 82.0 Å². The van der Waals surface area contributed by atoms with Gasteiger partial charge in [0.2, 0.25) is 0 Å². The van der Waals surface area contributed by atoms with Gasteiger partial charge in [-0.25, -0.2) is 4.79 Å². The SMILES string of the molecule is CN(C)CCCNC(=O)OC(CCCCCCCC/C=C\C/C=C\CCCO)CCCCCCCC/C=C\C/C=C\CCCO. The predicted octanol–water partition coefficient (Wildman–Crippen LogP) is 9.82. The van der Waals surface area contributed by atoms with Gasteiger partial charge in [-0.1, -0.05) is 100.0 Å². The van der Waals surface area contributed by atoms with Gasteiger partial charge < -0.3 is 25.2 Å². The van der Waals surface area contributed by atoms with Crippen molar-refractivity contribution < 1.29 is 19.7 Å². The van der Waals surface area contributed by atoms with Gasteiger partial charge in [0, 0.05) is 19.8 Å². The molecule has 262 valence electrons. The molecule has 0 radical (unpaired) electrons. The monoisotopic (exact) mass is 633 g/mol. The summed E-state index contributed by atoms with van der Waals surface area (Å²) in [4.78, 5) is 14.6. The number of rotatable bonds is 33. The smallest absolute Gasteiger partial charge is 0.407 e. The van der Waals surface area contributed by atoms with Crippen molar-refractivity contribution in [3.8, 4) is 0 Å². The number of carbonyl (C=O) groups excluding carboxylic acids is 1. The fraction of sp³-hybridized carbons (Fsp3) is 0.769. The van der Waals surface area contributed by atoms with Crippen molar-refractivity contribution in [1.29, 1.82) is 0 Å². The van der Waals surface area contributed by atoms with Crippen molar-refractivity contribution in [2.75, 3.05) is 40.4 Å². The Morgan fingerprint density at radius 3 is 1.40 bits per heavy atom. The van der Waals surface area contributed by atoms with Crippen molar-refractivity contribution >= 4 is 6.09 Å². The van der Waals surface area contributed by atoms with E-state index in [0.717, 1.165) is 90.0 Å². The highest BCUT2D eigenvalue weighted by atomic mass is 16.6. The van der Waals surface area contributed by atoms with Gasteiger partial charge in [0.15, 0.2) is 0 Å². The Morgan fingerprint density at radius 1 is 0.578 bits per heavy atom. The number of hydrogen-bond donors (Lipinski definition) is 3. The molecule has 0 unspecified atom stereocenters. The summed E-state index contributed by atoms with van der Waals surface area (Å²) in [6.45, 7) is 2.17. The molecule has 0 heterocycles. The summed E-state index contributed by atoms with van der Waals surface area (Å²) in [6, 6.07) is 0. The average molecular weight is 633 g/mol. The number of aliphatic hydroxyl groups is 2. The van der Waals surface area contributed by atoms with E-state index in [1.165, 1.54) is 64.2 Å². The van der Waals surface area contributed by atoms with Gasteiger partial charge in [0.1, 0.15) is 6.10 Å². The van der Waals surface area contributed by atoms with Crippen molar-refractivity contribution in [2.45, 2.75) is 154 Å². The minimum atomic E-state index is -0.249. The number of ether oxygens (including phenoxy) is 1. The number of allylic oxidation sites excluding steroid dienone is 8. The van der Waals surface area contributed by atoms with Gasteiger partial charge >= 0.3 is 6.09 Å². The van der Waals surface area contributed by atoms with Crippen molar-refractivity contribution in [1.82, 2.24) is 10.2 Å². The van der Waals surface area contributed by atoms with Crippen molar-refractivity contribution in [2.24, 2.45) is 0 Å². The van der Waals surface area contributed by atoms with Crippen LogP contribution >= 0.6 is 0 Å². The molecule has 0 saturated carbocycles.